The summed E-state index contributed by atoms with van der Waals surface area (Å²) in [5, 5.41) is 4.13. The van der Waals surface area contributed by atoms with E-state index in [-0.39, 0.29) is 5.69 Å². The molecule has 0 unspecified atom stereocenters. The largest absolute Gasteiger partial charge is 0.355 e. The second-order valence-corrected chi connectivity index (χ2v) is 3.87. The van der Waals surface area contributed by atoms with Gasteiger partial charge in [0.15, 0.2) is 0 Å². The smallest absolute Gasteiger partial charge is 0.249 e. The first-order valence-electron chi connectivity index (χ1n) is 5.64. The highest BCUT2D eigenvalue weighted by Crippen LogP contribution is 2.05. The zero-order valence-corrected chi connectivity index (χ0v) is 9.60. The minimum absolute atomic E-state index is 0.174. The lowest BCUT2D eigenvalue weighted by Crippen LogP contribution is -2.22. The molecule has 2 aromatic carbocycles. The summed E-state index contributed by atoms with van der Waals surface area (Å²) in [6.07, 6.45) is 1.53. The molecule has 0 bridgehead atoms. The van der Waals surface area contributed by atoms with E-state index in [9.17, 15) is 4.79 Å². The van der Waals surface area contributed by atoms with Crippen LogP contribution in [0.2, 0.25) is 0 Å². The molecular weight excluding hydrogens is 226 g/mol. The van der Waals surface area contributed by atoms with E-state index < -0.39 is 0 Å². The molecule has 0 saturated heterocycles. The first kappa shape index (κ1) is 10.5. The van der Waals surface area contributed by atoms with E-state index >= 15 is 0 Å². The van der Waals surface area contributed by atoms with Gasteiger partial charge in [0.1, 0.15) is 6.33 Å². The molecular formula is C14H11N3O. The van der Waals surface area contributed by atoms with E-state index in [2.05, 4.69) is 5.10 Å². The number of hydrogen-bond donors (Lipinski definition) is 0. The minimum atomic E-state index is -0.174. The summed E-state index contributed by atoms with van der Waals surface area (Å²) >= 11 is 0. The van der Waals surface area contributed by atoms with Gasteiger partial charge in [-0.05, 0) is 24.3 Å². The standard InChI is InChI=1S/C14H11N3O/c18-14-16(12-7-3-1-4-8-12)11-15-17(14)13-9-5-2-6-10-13/h1-11H. The Kier molecular flexibility index (Phi) is 2.53. The summed E-state index contributed by atoms with van der Waals surface area (Å²) in [6, 6.07) is 18.8. The van der Waals surface area contributed by atoms with E-state index in [0.717, 1.165) is 11.4 Å². The van der Waals surface area contributed by atoms with Gasteiger partial charge in [-0.1, -0.05) is 36.4 Å². The van der Waals surface area contributed by atoms with Crippen LogP contribution in [0.4, 0.5) is 0 Å². The van der Waals surface area contributed by atoms with Gasteiger partial charge >= 0.3 is 5.69 Å². The maximum Gasteiger partial charge on any atom is 0.355 e. The fourth-order valence-electron chi connectivity index (χ4n) is 1.82. The van der Waals surface area contributed by atoms with Crippen LogP contribution < -0.4 is 5.69 Å². The van der Waals surface area contributed by atoms with Crippen LogP contribution in [0.3, 0.4) is 0 Å². The molecule has 1 heterocycles. The van der Waals surface area contributed by atoms with Gasteiger partial charge in [-0.25, -0.2) is 9.36 Å². The summed E-state index contributed by atoms with van der Waals surface area (Å²) < 4.78 is 2.90. The van der Waals surface area contributed by atoms with E-state index in [1.165, 1.54) is 15.6 Å². The topological polar surface area (TPSA) is 39.8 Å². The molecule has 0 aliphatic heterocycles. The van der Waals surface area contributed by atoms with Crippen LogP contribution in [0, 0.1) is 0 Å². The second-order valence-electron chi connectivity index (χ2n) is 3.87. The molecule has 0 spiro atoms. The van der Waals surface area contributed by atoms with Crippen molar-refractivity contribution in [2.45, 2.75) is 0 Å². The quantitative estimate of drug-likeness (QED) is 0.684. The van der Waals surface area contributed by atoms with Crippen molar-refractivity contribution in [2.75, 3.05) is 0 Å². The average molecular weight is 237 g/mol. The highest BCUT2D eigenvalue weighted by molar-refractivity contribution is 5.33. The van der Waals surface area contributed by atoms with Gasteiger partial charge in [0.25, 0.3) is 0 Å². The van der Waals surface area contributed by atoms with Crippen molar-refractivity contribution in [1.29, 1.82) is 0 Å². The van der Waals surface area contributed by atoms with Crippen LogP contribution in [0.5, 0.6) is 0 Å². The molecule has 0 aliphatic carbocycles. The molecule has 3 aromatic rings. The van der Waals surface area contributed by atoms with Crippen molar-refractivity contribution < 1.29 is 0 Å². The number of aromatic nitrogens is 3. The van der Waals surface area contributed by atoms with Crippen LogP contribution in [-0.4, -0.2) is 14.3 Å². The third-order valence-electron chi connectivity index (χ3n) is 2.70. The third-order valence-corrected chi connectivity index (χ3v) is 2.70. The Bertz CT molecular complexity index is 639. The molecule has 0 aliphatic rings. The predicted octanol–water partition coefficient (Wildman–Crippen LogP) is 2.02. The Balaban J connectivity index is 2.12. The minimum Gasteiger partial charge on any atom is -0.249 e. The lowest BCUT2D eigenvalue weighted by molar-refractivity contribution is 0.829. The SMILES string of the molecule is O=c1n(-c2ccccc2)cnn1-c1ccccc1. The number of nitrogens with zero attached hydrogens (tertiary/aromatic N) is 3. The van der Waals surface area contributed by atoms with Gasteiger partial charge in [-0.2, -0.15) is 9.78 Å². The second kappa shape index (κ2) is 4.33. The number of benzene rings is 2. The van der Waals surface area contributed by atoms with Gasteiger partial charge in [0, 0.05) is 0 Å². The molecule has 88 valence electrons. The van der Waals surface area contributed by atoms with E-state index in [0.29, 0.717) is 0 Å². The average Bonchev–Trinajstić information content (AvgIpc) is 2.83. The van der Waals surface area contributed by atoms with Gasteiger partial charge in [0.2, 0.25) is 0 Å². The Hall–Kier alpha value is -2.62. The normalized spacial score (nSPS) is 10.4. The van der Waals surface area contributed by atoms with Crippen molar-refractivity contribution >= 4 is 0 Å². The van der Waals surface area contributed by atoms with E-state index in [1.807, 2.05) is 60.7 Å². The van der Waals surface area contributed by atoms with Crippen molar-refractivity contribution in [3.63, 3.8) is 0 Å². The molecule has 1 aromatic heterocycles. The predicted molar refractivity (Wildman–Crippen MR) is 69.2 cm³/mol. The molecule has 0 radical (unpaired) electrons. The molecule has 0 saturated carbocycles. The Morgan fingerprint density at radius 3 is 1.94 bits per heavy atom. The van der Waals surface area contributed by atoms with Crippen molar-refractivity contribution in [3.8, 4) is 11.4 Å². The van der Waals surface area contributed by atoms with Gasteiger partial charge < -0.3 is 0 Å². The van der Waals surface area contributed by atoms with Crippen LogP contribution in [0.1, 0.15) is 0 Å². The fraction of sp³-hybridized carbons (Fsp3) is 0. The molecule has 0 amide bonds. The van der Waals surface area contributed by atoms with Gasteiger partial charge in [-0.3, -0.25) is 0 Å². The summed E-state index contributed by atoms with van der Waals surface area (Å²) in [6.45, 7) is 0. The third kappa shape index (κ3) is 1.73. The first-order valence-corrected chi connectivity index (χ1v) is 5.64. The zero-order chi connectivity index (χ0) is 12.4. The first-order chi connectivity index (χ1) is 8.86. The lowest BCUT2D eigenvalue weighted by Gasteiger charge is -1.99. The summed E-state index contributed by atoms with van der Waals surface area (Å²) in [4.78, 5) is 12.2. The zero-order valence-electron chi connectivity index (χ0n) is 9.60. The molecule has 0 fully saturated rings. The molecule has 3 rings (SSSR count). The Labute approximate surface area is 104 Å². The molecule has 0 atom stereocenters. The van der Waals surface area contributed by atoms with E-state index in [4.69, 9.17) is 0 Å². The van der Waals surface area contributed by atoms with Gasteiger partial charge in [-0.15, -0.1) is 0 Å². The number of hydrogen-bond acceptors (Lipinski definition) is 2. The van der Waals surface area contributed by atoms with Crippen LogP contribution in [-0.2, 0) is 0 Å². The van der Waals surface area contributed by atoms with Crippen LogP contribution in [0.25, 0.3) is 11.4 Å². The maximum atomic E-state index is 12.2. The summed E-state index contributed by atoms with van der Waals surface area (Å²) in [5.41, 5.74) is 1.40. The summed E-state index contributed by atoms with van der Waals surface area (Å²) in [7, 11) is 0. The number of rotatable bonds is 2. The molecule has 4 nitrogen and oxygen atoms in total. The lowest BCUT2D eigenvalue weighted by atomic mass is 10.3. The molecule has 4 heteroatoms. The maximum absolute atomic E-state index is 12.2. The molecule has 18 heavy (non-hydrogen) atoms. The molecule has 0 N–H and O–H groups in total. The van der Waals surface area contributed by atoms with E-state index in [1.54, 1.807) is 0 Å². The van der Waals surface area contributed by atoms with Crippen molar-refractivity contribution in [3.05, 3.63) is 77.5 Å². The Morgan fingerprint density at radius 2 is 1.33 bits per heavy atom. The van der Waals surface area contributed by atoms with Crippen LogP contribution in [0.15, 0.2) is 71.8 Å². The fourth-order valence-corrected chi connectivity index (χ4v) is 1.82. The Morgan fingerprint density at radius 1 is 0.778 bits per heavy atom. The van der Waals surface area contributed by atoms with Crippen molar-refractivity contribution in [2.24, 2.45) is 0 Å². The van der Waals surface area contributed by atoms with Gasteiger partial charge in [0.05, 0.1) is 11.4 Å². The highest BCUT2D eigenvalue weighted by Gasteiger charge is 2.07. The van der Waals surface area contributed by atoms with Crippen LogP contribution >= 0.6 is 0 Å². The monoisotopic (exact) mass is 237 g/mol. The number of para-hydroxylation sites is 2. The summed E-state index contributed by atoms with van der Waals surface area (Å²) in [5.74, 6) is 0. The highest BCUT2D eigenvalue weighted by atomic mass is 16.2. The van der Waals surface area contributed by atoms with Crippen molar-refractivity contribution in [1.82, 2.24) is 14.3 Å².